The van der Waals surface area contributed by atoms with Gasteiger partial charge in [0.25, 0.3) is 0 Å². The lowest BCUT2D eigenvalue weighted by Crippen LogP contribution is -2.24. The van der Waals surface area contributed by atoms with Crippen LogP contribution < -0.4 is 5.73 Å². The Kier molecular flexibility index (Phi) is 3.41. The first-order valence-electron chi connectivity index (χ1n) is 4.08. The summed E-state index contributed by atoms with van der Waals surface area (Å²) in [6, 6.07) is 1.49. The molecule has 0 aliphatic carbocycles. The molecule has 1 rings (SSSR count). The molecule has 2 atom stereocenters. The summed E-state index contributed by atoms with van der Waals surface area (Å²) in [5.41, 5.74) is 7.73. The van der Waals surface area contributed by atoms with Gasteiger partial charge in [-0.05, 0) is 41.4 Å². The SMILES string of the molecule is Cc1ccnc(Br)c1[C@H](N)[C@H](C)O. The van der Waals surface area contributed by atoms with Crippen LogP contribution in [0, 0.1) is 6.92 Å². The van der Waals surface area contributed by atoms with E-state index in [1.165, 1.54) is 0 Å². The number of hydrogen-bond acceptors (Lipinski definition) is 3. The van der Waals surface area contributed by atoms with E-state index in [4.69, 9.17) is 5.73 Å². The molecule has 1 heterocycles. The predicted molar refractivity (Wildman–Crippen MR) is 55.3 cm³/mol. The zero-order valence-corrected chi connectivity index (χ0v) is 9.25. The molecule has 3 nitrogen and oxygen atoms in total. The van der Waals surface area contributed by atoms with Gasteiger partial charge in [0, 0.05) is 11.8 Å². The highest BCUT2D eigenvalue weighted by Gasteiger charge is 2.17. The van der Waals surface area contributed by atoms with Gasteiger partial charge in [0.15, 0.2) is 0 Å². The molecule has 0 aliphatic rings. The molecule has 3 N–H and O–H groups in total. The largest absolute Gasteiger partial charge is 0.391 e. The number of pyridine rings is 1. The maximum Gasteiger partial charge on any atom is 0.111 e. The van der Waals surface area contributed by atoms with E-state index in [1.54, 1.807) is 13.1 Å². The van der Waals surface area contributed by atoms with Crippen molar-refractivity contribution in [1.29, 1.82) is 0 Å². The van der Waals surface area contributed by atoms with Crippen molar-refractivity contribution in [3.8, 4) is 0 Å². The lowest BCUT2D eigenvalue weighted by molar-refractivity contribution is 0.163. The first kappa shape index (κ1) is 10.6. The van der Waals surface area contributed by atoms with Gasteiger partial charge in [-0.3, -0.25) is 0 Å². The Hall–Kier alpha value is -0.450. The van der Waals surface area contributed by atoms with Crippen molar-refractivity contribution in [2.75, 3.05) is 0 Å². The van der Waals surface area contributed by atoms with E-state index >= 15 is 0 Å². The minimum atomic E-state index is -0.570. The minimum absolute atomic E-state index is 0.386. The standard InChI is InChI=1S/C9H13BrN2O/c1-5-3-4-12-9(10)7(5)8(11)6(2)13/h3-4,6,8,13H,11H2,1-2H3/t6-,8+/m0/s1. The van der Waals surface area contributed by atoms with Crippen LogP contribution in [0.3, 0.4) is 0 Å². The van der Waals surface area contributed by atoms with Crippen molar-refractivity contribution in [2.45, 2.75) is 26.0 Å². The monoisotopic (exact) mass is 244 g/mol. The Bertz CT molecular complexity index is 281. The molecule has 1 aromatic heterocycles. The number of hydrogen-bond donors (Lipinski definition) is 2. The summed E-state index contributed by atoms with van der Waals surface area (Å²) in [6.45, 7) is 3.62. The highest BCUT2D eigenvalue weighted by Crippen LogP contribution is 2.25. The first-order chi connectivity index (χ1) is 6.04. The molecule has 4 heteroatoms. The average Bonchev–Trinajstić information content (AvgIpc) is 2.03. The summed E-state index contributed by atoms with van der Waals surface area (Å²) in [7, 11) is 0. The van der Waals surface area contributed by atoms with Crippen molar-refractivity contribution < 1.29 is 5.11 Å². The molecular formula is C9H13BrN2O. The molecule has 0 aliphatic heterocycles. The zero-order valence-electron chi connectivity index (χ0n) is 7.66. The van der Waals surface area contributed by atoms with Gasteiger partial charge in [0.2, 0.25) is 0 Å². The van der Waals surface area contributed by atoms with Crippen LogP contribution in [0.2, 0.25) is 0 Å². The van der Waals surface area contributed by atoms with Crippen LogP contribution in [0.15, 0.2) is 16.9 Å². The fourth-order valence-electron chi connectivity index (χ4n) is 1.18. The predicted octanol–water partition coefficient (Wildman–Crippen LogP) is 1.53. The summed E-state index contributed by atoms with van der Waals surface area (Å²) >= 11 is 3.31. The number of halogens is 1. The minimum Gasteiger partial charge on any atom is -0.391 e. The topological polar surface area (TPSA) is 59.1 Å². The maximum atomic E-state index is 9.35. The number of nitrogens with zero attached hydrogens (tertiary/aromatic N) is 1. The number of aliphatic hydroxyl groups excluding tert-OH is 1. The van der Waals surface area contributed by atoms with Crippen molar-refractivity contribution >= 4 is 15.9 Å². The lowest BCUT2D eigenvalue weighted by Gasteiger charge is -2.18. The molecular weight excluding hydrogens is 232 g/mol. The van der Waals surface area contributed by atoms with Crippen LogP contribution in [0.5, 0.6) is 0 Å². The third kappa shape index (κ3) is 2.27. The number of aliphatic hydroxyl groups is 1. The van der Waals surface area contributed by atoms with E-state index in [-0.39, 0.29) is 6.04 Å². The maximum absolute atomic E-state index is 9.35. The van der Waals surface area contributed by atoms with Gasteiger partial charge in [-0.25, -0.2) is 4.98 Å². The zero-order chi connectivity index (χ0) is 10.0. The van der Waals surface area contributed by atoms with Gasteiger partial charge in [0.05, 0.1) is 12.1 Å². The number of aryl methyl sites for hydroxylation is 1. The molecule has 0 radical (unpaired) electrons. The fourth-order valence-corrected chi connectivity index (χ4v) is 1.87. The van der Waals surface area contributed by atoms with Crippen molar-refractivity contribution in [3.63, 3.8) is 0 Å². The smallest absolute Gasteiger partial charge is 0.111 e. The molecule has 0 unspecified atom stereocenters. The van der Waals surface area contributed by atoms with Crippen LogP contribution in [0.4, 0.5) is 0 Å². The summed E-state index contributed by atoms with van der Waals surface area (Å²) < 4.78 is 0.709. The number of rotatable bonds is 2. The van der Waals surface area contributed by atoms with Crippen LogP contribution in [0.25, 0.3) is 0 Å². The summed E-state index contributed by atoms with van der Waals surface area (Å²) in [5, 5.41) is 9.35. The Labute approximate surface area is 86.1 Å². The van der Waals surface area contributed by atoms with Crippen molar-refractivity contribution in [1.82, 2.24) is 4.98 Å². The van der Waals surface area contributed by atoms with E-state index in [0.717, 1.165) is 11.1 Å². The summed E-state index contributed by atoms with van der Waals surface area (Å²) in [6.07, 6.45) is 1.14. The van der Waals surface area contributed by atoms with Crippen molar-refractivity contribution in [3.05, 3.63) is 28.0 Å². The first-order valence-corrected chi connectivity index (χ1v) is 4.88. The Morgan fingerprint density at radius 3 is 2.69 bits per heavy atom. The summed E-state index contributed by atoms with van der Waals surface area (Å²) in [5.74, 6) is 0. The normalized spacial score (nSPS) is 15.5. The summed E-state index contributed by atoms with van der Waals surface area (Å²) in [4.78, 5) is 4.07. The highest BCUT2D eigenvalue weighted by atomic mass is 79.9. The molecule has 72 valence electrons. The third-order valence-electron chi connectivity index (χ3n) is 2.01. The molecule has 0 saturated heterocycles. The molecule has 1 aromatic rings. The Balaban J connectivity index is 3.12. The van der Waals surface area contributed by atoms with Crippen LogP contribution in [-0.2, 0) is 0 Å². The second kappa shape index (κ2) is 4.17. The fraction of sp³-hybridized carbons (Fsp3) is 0.444. The molecule has 13 heavy (non-hydrogen) atoms. The van der Waals surface area contributed by atoms with Crippen LogP contribution in [0.1, 0.15) is 24.1 Å². The van der Waals surface area contributed by atoms with Gasteiger partial charge in [-0.2, -0.15) is 0 Å². The van der Waals surface area contributed by atoms with Gasteiger partial charge in [-0.15, -0.1) is 0 Å². The number of nitrogens with two attached hydrogens (primary N) is 1. The molecule has 0 amide bonds. The molecule has 0 spiro atoms. The molecule has 0 fully saturated rings. The van der Waals surface area contributed by atoms with E-state index < -0.39 is 6.10 Å². The van der Waals surface area contributed by atoms with Gasteiger partial charge in [0.1, 0.15) is 4.60 Å². The third-order valence-corrected chi connectivity index (χ3v) is 2.64. The molecule has 0 saturated carbocycles. The van der Waals surface area contributed by atoms with Crippen molar-refractivity contribution in [2.24, 2.45) is 5.73 Å². The second-order valence-corrected chi connectivity index (χ2v) is 3.85. The van der Waals surface area contributed by atoms with Gasteiger partial charge < -0.3 is 10.8 Å². The molecule has 0 aromatic carbocycles. The Morgan fingerprint density at radius 2 is 2.23 bits per heavy atom. The van der Waals surface area contributed by atoms with E-state index in [2.05, 4.69) is 20.9 Å². The number of aromatic nitrogens is 1. The van der Waals surface area contributed by atoms with Crippen LogP contribution >= 0.6 is 15.9 Å². The quantitative estimate of drug-likeness (QED) is 0.777. The van der Waals surface area contributed by atoms with Gasteiger partial charge in [-0.1, -0.05) is 0 Å². The molecule has 0 bridgehead atoms. The average molecular weight is 245 g/mol. The van der Waals surface area contributed by atoms with Crippen LogP contribution in [-0.4, -0.2) is 16.2 Å². The lowest BCUT2D eigenvalue weighted by atomic mass is 10.0. The van der Waals surface area contributed by atoms with E-state index in [1.807, 2.05) is 13.0 Å². The van der Waals surface area contributed by atoms with Gasteiger partial charge >= 0.3 is 0 Å². The van der Waals surface area contributed by atoms with E-state index in [9.17, 15) is 5.11 Å². The Morgan fingerprint density at radius 1 is 1.62 bits per heavy atom. The highest BCUT2D eigenvalue weighted by molar-refractivity contribution is 9.10. The van der Waals surface area contributed by atoms with E-state index in [0.29, 0.717) is 4.60 Å². The second-order valence-electron chi connectivity index (χ2n) is 3.10.